The number of hydrogen-bond acceptors (Lipinski definition) is 6. The molecule has 5 rings (SSSR count). The quantitative estimate of drug-likeness (QED) is 0.433. The molecule has 2 aromatic rings. The van der Waals surface area contributed by atoms with Gasteiger partial charge in [-0.05, 0) is 12.1 Å². The third-order valence-corrected chi connectivity index (χ3v) is 5.88. The van der Waals surface area contributed by atoms with Gasteiger partial charge in [-0.25, -0.2) is 0 Å². The fourth-order valence-electron chi connectivity index (χ4n) is 4.54. The largest absolute Gasteiger partial charge is 0.627 e. The molecular formula is C21H23NO6. The number of nitrogens with zero attached hydrogens (tertiary/aromatic N) is 1. The van der Waals surface area contributed by atoms with Gasteiger partial charge < -0.3 is 33.5 Å². The molecule has 3 aliphatic rings. The standard InChI is InChI=1S/C21H23NO6/c1-24-8-9-25-7-6-22(23)12-21(15-4-2-3-5-17(15)22)13-26-18-11-20-19(10-16(18)21)27-14-28-20/h2-5,10-11H,6-9,12-14H2,1H3. The van der Waals surface area contributed by atoms with Gasteiger partial charge in [-0.1, -0.05) is 18.2 Å². The molecule has 2 unspecified atom stereocenters. The van der Waals surface area contributed by atoms with Crippen LogP contribution in [0.15, 0.2) is 36.4 Å². The van der Waals surface area contributed by atoms with Crippen LogP contribution in [0.5, 0.6) is 17.2 Å². The van der Waals surface area contributed by atoms with Crippen molar-refractivity contribution < 1.29 is 23.7 Å². The summed E-state index contributed by atoms with van der Waals surface area (Å²) in [6.07, 6.45) is 0. The number of rotatable bonds is 6. The Hall–Kier alpha value is -2.32. The van der Waals surface area contributed by atoms with Crippen molar-refractivity contribution in [2.75, 3.05) is 53.4 Å². The van der Waals surface area contributed by atoms with E-state index in [0.29, 0.717) is 51.0 Å². The number of benzene rings is 2. The summed E-state index contributed by atoms with van der Waals surface area (Å²) in [6.45, 7) is 2.77. The summed E-state index contributed by atoms with van der Waals surface area (Å²) in [5, 5.41) is 13.9. The Morgan fingerprint density at radius 2 is 1.82 bits per heavy atom. The summed E-state index contributed by atoms with van der Waals surface area (Å²) >= 11 is 0. The molecule has 7 heteroatoms. The maximum atomic E-state index is 13.9. The zero-order chi connectivity index (χ0) is 19.2. The van der Waals surface area contributed by atoms with E-state index in [2.05, 4.69) is 0 Å². The molecule has 3 aliphatic heterocycles. The van der Waals surface area contributed by atoms with E-state index in [4.69, 9.17) is 23.7 Å². The maximum Gasteiger partial charge on any atom is 0.231 e. The van der Waals surface area contributed by atoms with Gasteiger partial charge in [-0.2, -0.15) is 0 Å². The maximum absolute atomic E-state index is 13.9. The molecule has 148 valence electrons. The van der Waals surface area contributed by atoms with Crippen LogP contribution in [0.3, 0.4) is 0 Å². The van der Waals surface area contributed by atoms with Gasteiger partial charge in [0.05, 0.1) is 19.8 Å². The van der Waals surface area contributed by atoms with E-state index in [0.717, 1.165) is 22.6 Å². The van der Waals surface area contributed by atoms with Gasteiger partial charge >= 0.3 is 0 Å². The Kier molecular flexibility index (Phi) is 4.21. The third kappa shape index (κ3) is 2.58. The molecule has 0 radical (unpaired) electrons. The Bertz CT molecular complexity index is 902. The Morgan fingerprint density at radius 3 is 2.68 bits per heavy atom. The second-order valence-electron chi connectivity index (χ2n) is 7.47. The number of ether oxygens (including phenoxy) is 5. The van der Waals surface area contributed by atoms with E-state index >= 15 is 0 Å². The van der Waals surface area contributed by atoms with Gasteiger partial charge in [0, 0.05) is 24.3 Å². The van der Waals surface area contributed by atoms with Crippen molar-refractivity contribution in [2.24, 2.45) is 0 Å². The van der Waals surface area contributed by atoms with E-state index in [1.165, 1.54) is 0 Å². The second-order valence-corrected chi connectivity index (χ2v) is 7.47. The lowest BCUT2D eigenvalue weighted by atomic mass is 9.77. The van der Waals surface area contributed by atoms with Gasteiger partial charge in [-0.3, -0.25) is 0 Å². The predicted octanol–water partition coefficient (Wildman–Crippen LogP) is 2.58. The van der Waals surface area contributed by atoms with Gasteiger partial charge in [0.15, 0.2) is 11.5 Å². The highest BCUT2D eigenvalue weighted by Crippen LogP contribution is 2.56. The predicted molar refractivity (Wildman–Crippen MR) is 103 cm³/mol. The summed E-state index contributed by atoms with van der Waals surface area (Å²) in [7, 11) is 1.63. The lowest BCUT2D eigenvalue weighted by Gasteiger charge is -2.40. The fraction of sp³-hybridized carbons (Fsp3) is 0.429. The van der Waals surface area contributed by atoms with Crippen LogP contribution in [0.25, 0.3) is 0 Å². The molecule has 0 amide bonds. The lowest BCUT2D eigenvalue weighted by molar-refractivity contribution is 0.0629. The molecule has 3 heterocycles. The highest BCUT2D eigenvalue weighted by molar-refractivity contribution is 5.69. The van der Waals surface area contributed by atoms with Crippen LogP contribution in [-0.2, 0) is 14.9 Å². The van der Waals surface area contributed by atoms with Gasteiger partial charge in [0.1, 0.15) is 36.5 Å². The molecule has 0 aliphatic carbocycles. The summed E-state index contributed by atoms with van der Waals surface area (Å²) in [4.78, 5) is 0. The van der Waals surface area contributed by atoms with Crippen LogP contribution in [0.4, 0.5) is 5.69 Å². The lowest BCUT2D eigenvalue weighted by Crippen LogP contribution is -2.49. The number of hydrogen-bond donors (Lipinski definition) is 0. The smallest absolute Gasteiger partial charge is 0.231 e. The number of hydroxylamine groups is 2. The van der Waals surface area contributed by atoms with Gasteiger partial charge in [-0.15, -0.1) is 0 Å². The second kappa shape index (κ2) is 6.63. The number of para-hydroxylation sites is 1. The number of quaternary nitrogens is 1. The SMILES string of the molecule is COCCOCC[N+]1([O-])CC2(COc3cc4c(cc32)OCO4)c2ccccc21. The molecule has 0 bridgehead atoms. The molecule has 0 saturated carbocycles. The monoisotopic (exact) mass is 385 g/mol. The topological polar surface area (TPSA) is 69.2 Å². The molecule has 0 fully saturated rings. The van der Waals surface area contributed by atoms with Crippen LogP contribution >= 0.6 is 0 Å². The van der Waals surface area contributed by atoms with E-state index in [9.17, 15) is 5.21 Å². The van der Waals surface area contributed by atoms with Crippen molar-refractivity contribution in [3.63, 3.8) is 0 Å². The molecule has 28 heavy (non-hydrogen) atoms. The van der Waals surface area contributed by atoms with Gasteiger partial charge in [0.25, 0.3) is 0 Å². The molecule has 2 atom stereocenters. The normalized spacial score (nSPS) is 26.4. The zero-order valence-electron chi connectivity index (χ0n) is 15.8. The molecular weight excluding hydrogens is 362 g/mol. The van der Waals surface area contributed by atoms with E-state index in [1.54, 1.807) is 7.11 Å². The van der Waals surface area contributed by atoms with Crippen LogP contribution in [0, 0.1) is 5.21 Å². The number of methoxy groups -OCH3 is 1. The van der Waals surface area contributed by atoms with Crippen molar-refractivity contribution in [2.45, 2.75) is 5.41 Å². The highest BCUT2D eigenvalue weighted by atomic mass is 16.7. The Labute approximate surface area is 163 Å². The van der Waals surface area contributed by atoms with E-state index in [1.807, 2.05) is 36.4 Å². The average Bonchev–Trinajstić information content (AvgIpc) is 3.37. The van der Waals surface area contributed by atoms with Crippen molar-refractivity contribution >= 4 is 5.69 Å². The average molecular weight is 385 g/mol. The minimum atomic E-state index is -0.485. The molecule has 2 aromatic carbocycles. The summed E-state index contributed by atoms with van der Waals surface area (Å²) < 4.78 is 27.2. The van der Waals surface area contributed by atoms with Crippen LogP contribution in [0.2, 0.25) is 0 Å². The first-order chi connectivity index (χ1) is 13.7. The minimum absolute atomic E-state index is 0.210. The molecule has 7 nitrogen and oxygen atoms in total. The summed E-state index contributed by atoms with van der Waals surface area (Å²) in [6, 6.07) is 11.7. The summed E-state index contributed by atoms with van der Waals surface area (Å²) in [5.74, 6) is 2.17. The number of fused-ring (bicyclic) bond motifs is 5. The van der Waals surface area contributed by atoms with Crippen molar-refractivity contribution in [3.8, 4) is 17.2 Å². The molecule has 0 N–H and O–H groups in total. The Balaban J connectivity index is 1.50. The first-order valence-electron chi connectivity index (χ1n) is 9.48. The van der Waals surface area contributed by atoms with Crippen molar-refractivity contribution in [1.82, 2.24) is 4.65 Å². The van der Waals surface area contributed by atoms with Crippen LogP contribution < -0.4 is 18.9 Å². The minimum Gasteiger partial charge on any atom is -0.627 e. The van der Waals surface area contributed by atoms with E-state index in [-0.39, 0.29) is 6.79 Å². The molecule has 0 saturated heterocycles. The fourth-order valence-corrected chi connectivity index (χ4v) is 4.54. The van der Waals surface area contributed by atoms with Crippen LogP contribution in [0.1, 0.15) is 11.1 Å². The van der Waals surface area contributed by atoms with Crippen molar-refractivity contribution in [1.29, 1.82) is 0 Å². The summed E-state index contributed by atoms with van der Waals surface area (Å²) in [5.41, 5.74) is 2.33. The van der Waals surface area contributed by atoms with Crippen LogP contribution in [-0.4, -0.2) is 53.4 Å². The third-order valence-electron chi connectivity index (χ3n) is 5.88. The first-order valence-corrected chi connectivity index (χ1v) is 9.48. The van der Waals surface area contributed by atoms with E-state index < -0.39 is 10.1 Å². The molecule has 1 spiro atoms. The molecule has 0 aromatic heterocycles. The Morgan fingerprint density at radius 1 is 1.00 bits per heavy atom. The zero-order valence-corrected chi connectivity index (χ0v) is 15.8. The van der Waals surface area contributed by atoms with Gasteiger partial charge in [0.2, 0.25) is 6.79 Å². The van der Waals surface area contributed by atoms with Crippen molar-refractivity contribution in [3.05, 3.63) is 52.7 Å². The highest BCUT2D eigenvalue weighted by Gasteiger charge is 2.55. The first kappa shape index (κ1) is 17.8.